The molecule has 1 saturated heterocycles. The summed E-state index contributed by atoms with van der Waals surface area (Å²) < 4.78 is 2.17. The van der Waals surface area contributed by atoms with Crippen molar-refractivity contribution in [2.45, 2.75) is 64.5 Å². The Labute approximate surface area is 119 Å². The first-order valence-electron chi connectivity index (χ1n) is 7.73. The lowest BCUT2D eigenvalue weighted by Crippen LogP contribution is -2.46. The Kier molecular flexibility index (Phi) is 5.40. The van der Waals surface area contributed by atoms with Crippen LogP contribution < -0.4 is 0 Å². The standard InChI is InChI=1S/C15H30N2S/c1-12(2)13-4-6-14(7-5-13)16(3)15-8-10-17(18)11-9-15/h12-15,18H,4-11H2,1-3H3. The van der Waals surface area contributed by atoms with E-state index in [9.17, 15) is 0 Å². The average molecular weight is 270 g/mol. The van der Waals surface area contributed by atoms with Gasteiger partial charge in [-0.15, -0.1) is 0 Å². The largest absolute Gasteiger partial charge is 0.300 e. The lowest BCUT2D eigenvalue weighted by atomic mass is 9.79. The van der Waals surface area contributed by atoms with E-state index < -0.39 is 0 Å². The van der Waals surface area contributed by atoms with Gasteiger partial charge in [0, 0.05) is 25.2 Å². The van der Waals surface area contributed by atoms with Gasteiger partial charge in [0.2, 0.25) is 0 Å². The number of hydrogen-bond acceptors (Lipinski definition) is 3. The maximum Gasteiger partial charge on any atom is 0.0120 e. The van der Waals surface area contributed by atoms with E-state index in [1.165, 1.54) is 38.5 Å². The summed E-state index contributed by atoms with van der Waals surface area (Å²) >= 11 is 4.45. The molecule has 1 aliphatic carbocycles. The van der Waals surface area contributed by atoms with Crippen molar-refractivity contribution in [2.24, 2.45) is 11.8 Å². The third kappa shape index (κ3) is 3.64. The maximum atomic E-state index is 4.45. The van der Waals surface area contributed by atoms with Crippen LogP contribution in [0.4, 0.5) is 0 Å². The second-order valence-electron chi connectivity index (χ2n) is 6.66. The van der Waals surface area contributed by atoms with Crippen molar-refractivity contribution in [1.82, 2.24) is 9.21 Å². The fourth-order valence-corrected chi connectivity index (χ4v) is 3.96. The molecule has 0 spiro atoms. The molecule has 2 fully saturated rings. The van der Waals surface area contributed by atoms with Crippen LogP contribution in [0.3, 0.4) is 0 Å². The first-order valence-corrected chi connectivity index (χ1v) is 8.13. The topological polar surface area (TPSA) is 6.48 Å². The zero-order valence-electron chi connectivity index (χ0n) is 12.3. The molecule has 106 valence electrons. The van der Waals surface area contributed by atoms with E-state index in [2.05, 4.69) is 42.9 Å². The highest BCUT2D eigenvalue weighted by molar-refractivity contribution is 7.77. The summed E-state index contributed by atoms with van der Waals surface area (Å²) in [6.07, 6.45) is 8.31. The van der Waals surface area contributed by atoms with Crippen LogP contribution in [0.15, 0.2) is 0 Å². The van der Waals surface area contributed by atoms with Crippen molar-refractivity contribution in [1.29, 1.82) is 0 Å². The summed E-state index contributed by atoms with van der Waals surface area (Å²) in [5.74, 6) is 1.86. The quantitative estimate of drug-likeness (QED) is 0.785. The van der Waals surface area contributed by atoms with Crippen molar-refractivity contribution in [2.75, 3.05) is 20.1 Å². The summed E-state index contributed by atoms with van der Waals surface area (Å²) in [5.41, 5.74) is 0. The highest BCUT2D eigenvalue weighted by Crippen LogP contribution is 2.33. The van der Waals surface area contributed by atoms with E-state index in [4.69, 9.17) is 0 Å². The number of thiol groups is 1. The minimum Gasteiger partial charge on any atom is -0.300 e. The molecule has 2 aliphatic rings. The maximum absolute atomic E-state index is 4.45. The molecule has 0 aromatic rings. The van der Waals surface area contributed by atoms with E-state index >= 15 is 0 Å². The van der Waals surface area contributed by atoms with E-state index in [0.717, 1.165) is 37.0 Å². The molecule has 1 aliphatic heterocycles. The van der Waals surface area contributed by atoms with Gasteiger partial charge in [-0.25, -0.2) is 0 Å². The van der Waals surface area contributed by atoms with E-state index in [0.29, 0.717) is 0 Å². The summed E-state index contributed by atoms with van der Waals surface area (Å²) in [6, 6.07) is 1.64. The molecule has 2 nitrogen and oxygen atoms in total. The highest BCUT2D eigenvalue weighted by atomic mass is 32.1. The van der Waals surface area contributed by atoms with E-state index in [-0.39, 0.29) is 0 Å². The molecule has 2 rings (SSSR count). The highest BCUT2D eigenvalue weighted by Gasteiger charge is 2.30. The Morgan fingerprint density at radius 3 is 1.94 bits per heavy atom. The van der Waals surface area contributed by atoms with Crippen molar-refractivity contribution in [3.05, 3.63) is 0 Å². The normalized spacial score (nSPS) is 32.3. The van der Waals surface area contributed by atoms with Crippen molar-refractivity contribution in [3.63, 3.8) is 0 Å². The molecule has 0 aromatic heterocycles. The molecule has 0 N–H and O–H groups in total. The van der Waals surface area contributed by atoms with Gasteiger partial charge in [-0.2, -0.15) is 0 Å². The molecule has 1 saturated carbocycles. The van der Waals surface area contributed by atoms with E-state index in [1.54, 1.807) is 0 Å². The van der Waals surface area contributed by atoms with Crippen molar-refractivity contribution >= 4 is 12.8 Å². The van der Waals surface area contributed by atoms with Crippen LogP contribution in [-0.4, -0.2) is 41.4 Å². The third-order valence-electron chi connectivity index (χ3n) is 5.28. The van der Waals surface area contributed by atoms with Crippen LogP contribution in [0.25, 0.3) is 0 Å². The Morgan fingerprint density at radius 1 is 0.944 bits per heavy atom. The molecule has 3 heteroatoms. The van der Waals surface area contributed by atoms with Gasteiger partial charge in [0.15, 0.2) is 0 Å². The minimum absolute atomic E-state index is 0.800. The van der Waals surface area contributed by atoms with Crippen LogP contribution in [0.5, 0.6) is 0 Å². The van der Waals surface area contributed by atoms with Gasteiger partial charge >= 0.3 is 0 Å². The summed E-state index contributed by atoms with van der Waals surface area (Å²) in [6.45, 7) is 7.08. The summed E-state index contributed by atoms with van der Waals surface area (Å²) in [7, 11) is 2.36. The average Bonchev–Trinajstić information content (AvgIpc) is 2.39. The molecule has 0 aromatic carbocycles. The monoisotopic (exact) mass is 270 g/mol. The van der Waals surface area contributed by atoms with Gasteiger partial charge in [0.05, 0.1) is 0 Å². The minimum atomic E-state index is 0.800. The lowest BCUT2D eigenvalue weighted by molar-refractivity contribution is 0.0841. The van der Waals surface area contributed by atoms with Gasteiger partial charge in [0.1, 0.15) is 0 Å². The van der Waals surface area contributed by atoms with Crippen LogP contribution in [0.1, 0.15) is 52.4 Å². The Hall–Kier alpha value is 0.270. The van der Waals surface area contributed by atoms with Gasteiger partial charge in [0.25, 0.3) is 0 Å². The smallest absolute Gasteiger partial charge is 0.0120 e. The molecule has 1 heterocycles. The van der Waals surface area contributed by atoms with Crippen LogP contribution in [0.2, 0.25) is 0 Å². The fourth-order valence-electron chi connectivity index (χ4n) is 3.73. The van der Waals surface area contributed by atoms with Crippen molar-refractivity contribution < 1.29 is 0 Å². The number of piperidine rings is 1. The van der Waals surface area contributed by atoms with Crippen molar-refractivity contribution in [3.8, 4) is 0 Å². The van der Waals surface area contributed by atoms with Crippen LogP contribution >= 0.6 is 12.8 Å². The second-order valence-corrected chi connectivity index (χ2v) is 7.23. The number of nitrogens with zero attached hydrogens (tertiary/aromatic N) is 2. The molecule has 0 bridgehead atoms. The second kappa shape index (κ2) is 6.62. The Morgan fingerprint density at radius 2 is 1.44 bits per heavy atom. The molecule has 0 atom stereocenters. The third-order valence-corrected chi connectivity index (χ3v) is 5.68. The first-order chi connectivity index (χ1) is 8.58. The molecule has 0 amide bonds. The first kappa shape index (κ1) is 14.7. The molecular formula is C15H30N2S. The van der Waals surface area contributed by atoms with Gasteiger partial charge < -0.3 is 4.90 Å². The fraction of sp³-hybridized carbons (Fsp3) is 1.00. The molecule has 18 heavy (non-hydrogen) atoms. The Balaban J connectivity index is 1.78. The van der Waals surface area contributed by atoms with Gasteiger partial charge in [-0.3, -0.25) is 4.31 Å². The number of rotatable bonds is 3. The molecule has 0 unspecified atom stereocenters. The molecular weight excluding hydrogens is 240 g/mol. The Bertz CT molecular complexity index is 241. The SMILES string of the molecule is CC(C)C1CCC(N(C)C2CCN(S)CC2)CC1. The van der Waals surface area contributed by atoms with E-state index in [1.807, 2.05) is 0 Å². The van der Waals surface area contributed by atoms with Crippen LogP contribution in [0, 0.1) is 11.8 Å². The lowest BCUT2D eigenvalue weighted by Gasteiger charge is -2.42. The zero-order valence-corrected chi connectivity index (χ0v) is 13.2. The van der Waals surface area contributed by atoms with Gasteiger partial charge in [-0.1, -0.05) is 26.7 Å². The predicted molar refractivity (Wildman–Crippen MR) is 81.9 cm³/mol. The van der Waals surface area contributed by atoms with Gasteiger partial charge in [-0.05, 0) is 57.4 Å². The van der Waals surface area contributed by atoms with Crippen LogP contribution in [-0.2, 0) is 0 Å². The summed E-state index contributed by atoms with van der Waals surface area (Å²) in [4.78, 5) is 2.69. The molecule has 0 radical (unpaired) electrons. The predicted octanol–water partition coefficient (Wildman–Crippen LogP) is 3.44. The number of hydrogen-bond donors (Lipinski definition) is 1. The summed E-state index contributed by atoms with van der Waals surface area (Å²) in [5, 5.41) is 0. The zero-order chi connectivity index (χ0) is 13.1.